The molecule has 3 heteroatoms. The van der Waals surface area contributed by atoms with Crippen LogP contribution in [-0.2, 0) is 4.79 Å². The van der Waals surface area contributed by atoms with Crippen molar-refractivity contribution in [1.29, 1.82) is 0 Å². The van der Waals surface area contributed by atoms with Crippen molar-refractivity contribution in [1.82, 2.24) is 0 Å². The maximum atomic E-state index is 12.3. The van der Waals surface area contributed by atoms with Crippen molar-refractivity contribution in [2.24, 2.45) is 11.1 Å². The van der Waals surface area contributed by atoms with Gasteiger partial charge >= 0.3 is 0 Å². The van der Waals surface area contributed by atoms with E-state index in [4.69, 9.17) is 5.73 Å². The molecule has 1 aromatic carbocycles. The molecule has 3 nitrogen and oxygen atoms in total. The fourth-order valence-corrected chi connectivity index (χ4v) is 2.04. The van der Waals surface area contributed by atoms with Crippen LogP contribution in [0.5, 0.6) is 0 Å². The minimum atomic E-state index is -0.446. The fourth-order valence-electron chi connectivity index (χ4n) is 2.04. The molecule has 3 N–H and O–H groups in total. The SMILES string of the molecule is CCC(CC)(CN)C(=O)Nc1ccc(C)c(C)c1. The first-order chi connectivity index (χ1) is 8.49. The van der Waals surface area contributed by atoms with Crippen molar-refractivity contribution < 1.29 is 4.79 Å². The summed E-state index contributed by atoms with van der Waals surface area (Å²) in [4.78, 5) is 12.3. The maximum Gasteiger partial charge on any atom is 0.231 e. The summed E-state index contributed by atoms with van der Waals surface area (Å²) in [5, 5.41) is 2.98. The third-order valence-electron chi connectivity index (χ3n) is 3.99. The van der Waals surface area contributed by atoms with Crippen molar-refractivity contribution in [2.45, 2.75) is 40.5 Å². The van der Waals surface area contributed by atoms with E-state index < -0.39 is 5.41 Å². The zero-order chi connectivity index (χ0) is 13.8. The van der Waals surface area contributed by atoms with E-state index in [1.165, 1.54) is 11.1 Å². The number of nitrogens with two attached hydrogens (primary N) is 1. The minimum Gasteiger partial charge on any atom is -0.329 e. The van der Waals surface area contributed by atoms with E-state index in [9.17, 15) is 4.79 Å². The molecule has 0 saturated heterocycles. The highest BCUT2D eigenvalue weighted by molar-refractivity contribution is 5.95. The first kappa shape index (κ1) is 14.7. The third kappa shape index (κ3) is 2.91. The number of hydrogen-bond donors (Lipinski definition) is 2. The number of anilines is 1. The summed E-state index contributed by atoms with van der Waals surface area (Å²) in [5.41, 5.74) is 8.59. The average molecular weight is 248 g/mol. The largest absolute Gasteiger partial charge is 0.329 e. The molecule has 0 heterocycles. The van der Waals surface area contributed by atoms with Gasteiger partial charge in [-0.25, -0.2) is 0 Å². The topological polar surface area (TPSA) is 55.1 Å². The second-order valence-electron chi connectivity index (χ2n) is 4.94. The average Bonchev–Trinajstić information content (AvgIpc) is 2.37. The second-order valence-corrected chi connectivity index (χ2v) is 4.94. The lowest BCUT2D eigenvalue weighted by Crippen LogP contribution is -2.41. The second kappa shape index (κ2) is 6.01. The van der Waals surface area contributed by atoms with Crippen LogP contribution in [0.2, 0.25) is 0 Å². The molecule has 0 bridgehead atoms. The highest BCUT2D eigenvalue weighted by Gasteiger charge is 2.33. The van der Waals surface area contributed by atoms with Crippen molar-refractivity contribution in [3.8, 4) is 0 Å². The summed E-state index contributed by atoms with van der Waals surface area (Å²) in [6.07, 6.45) is 1.52. The molecule has 0 fully saturated rings. The van der Waals surface area contributed by atoms with Crippen LogP contribution in [0.4, 0.5) is 5.69 Å². The molecule has 100 valence electrons. The summed E-state index contributed by atoms with van der Waals surface area (Å²) >= 11 is 0. The molecule has 0 radical (unpaired) electrons. The lowest BCUT2D eigenvalue weighted by Gasteiger charge is -2.28. The molecular formula is C15H24N2O. The van der Waals surface area contributed by atoms with Gasteiger partial charge in [-0.2, -0.15) is 0 Å². The van der Waals surface area contributed by atoms with Crippen LogP contribution in [0, 0.1) is 19.3 Å². The zero-order valence-corrected chi connectivity index (χ0v) is 11.8. The Hall–Kier alpha value is -1.35. The highest BCUT2D eigenvalue weighted by Crippen LogP contribution is 2.27. The third-order valence-corrected chi connectivity index (χ3v) is 3.99. The van der Waals surface area contributed by atoms with Crippen molar-refractivity contribution in [3.63, 3.8) is 0 Å². The predicted molar refractivity (Wildman–Crippen MR) is 76.6 cm³/mol. The zero-order valence-electron chi connectivity index (χ0n) is 11.8. The van der Waals surface area contributed by atoms with Crippen LogP contribution in [0.25, 0.3) is 0 Å². The van der Waals surface area contributed by atoms with Gasteiger partial charge in [-0.05, 0) is 49.9 Å². The van der Waals surface area contributed by atoms with Gasteiger partial charge < -0.3 is 11.1 Å². The number of amides is 1. The Bertz CT molecular complexity index is 414. The van der Waals surface area contributed by atoms with Crippen LogP contribution in [0.15, 0.2) is 18.2 Å². The summed E-state index contributed by atoms with van der Waals surface area (Å²) in [5.74, 6) is 0.0262. The molecule has 0 aliphatic rings. The van der Waals surface area contributed by atoms with Gasteiger partial charge in [0.2, 0.25) is 5.91 Å². The Morgan fingerprint density at radius 2 is 1.83 bits per heavy atom. The van der Waals surface area contributed by atoms with Gasteiger partial charge in [0.1, 0.15) is 0 Å². The van der Waals surface area contributed by atoms with Crippen LogP contribution < -0.4 is 11.1 Å². The van der Waals surface area contributed by atoms with Gasteiger partial charge in [-0.1, -0.05) is 19.9 Å². The van der Waals surface area contributed by atoms with Gasteiger partial charge in [0.05, 0.1) is 5.41 Å². The normalized spacial score (nSPS) is 11.4. The maximum absolute atomic E-state index is 12.3. The van der Waals surface area contributed by atoms with E-state index in [0.29, 0.717) is 6.54 Å². The number of carbonyl (C=O) groups excluding carboxylic acids is 1. The van der Waals surface area contributed by atoms with E-state index in [0.717, 1.165) is 18.5 Å². The number of nitrogens with one attached hydrogen (secondary N) is 1. The van der Waals surface area contributed by atoms with Gasteiger partial charge in [-0.3, -0.25) is 4.79 Å². The van der Waals surface area contributed by atoms with Crippen LogP contribution >= 0.6 is 0 Å². The van der Waals surface area contributed by atoms with Crippen LogP contribution in [0.3, 0.4) is 0 Å². The number of aryl methyl sites for hydroxylation is 2. The first-order valence-electron chi connectivity index (χ1n) is 6.58. The molecule has 0 aliphatic carbocycles. The van der Waals surface area contributed by atoms with E-state index in [1.807, 2.05) is 39.0 Å². The summed E-state index contributed by atoms with van der Waals surface area (Å²) < 4.78 is 0. The van der Waals surface area contributed by atoms with Crippen molar-refractivity contribution in [2.75, 3.05) is 11.9 Å². The molecule has 18 heavy (non-hydrogen) atoms. The molecule has 0 atom stereocenters. The number of hydrogen-bond acceptors (Lipinski definition) is 2. The number of rotatable bonds is 5. The fraction of sp³-hybridized carbons (Fsp3) is 0.533. The molecule has 1 rings (SSSR count). The summed E-state index contributed by atoms with van der Waals surface area (Å²) in [6, 6.07) is 5.96. The van der Waals surface area contributed by atoms with E-state index in [1.54, 1.807) is 0 Å². The smallest absolute Gasteiger partial charge is 0.231 e. The predicted octanol–water partition coefficient (Wildman–Crippen LogP) is 3.01. The molecule has 0 aliphatic heterocycles. The number of carbonyl (C=O) groups is 1. The summed E-state index contributed by atoms with van der Waals surface area (Å²) in [7, 11) is 0. The quantitative estimate of drug-likeness (QED) is 0.841. The standard InChI is InChI=1S/C15H24N2O/c1-5-15(6-2,10-16)14(18)17-13-8-7-11(3)12(4)9-13/h7-9H,5-6,10,16H2,1-4H3,(H,17,18). The Morgan fingerprint density at radius 3 is 2.28 bits per heavy atom. The number of benzene rings is 1. The molecular weight excluding hydrogens is 224 g/mol. The lowest BCUT2D eigenvalue weighted by atomic mass is 9.81. The summed E-state index contributed by atoms with van der Waals surface area (Å²) in [6.45, 7) is 8.51. The minimum absolute atomic E-state index is 0.0262. The van der Waals surface area contributed by atoms with E-state index in [-0.39, 0.29) is 5.91 Å². The van der Waals surface area contributed by atoms with Crippen molar-refractivity contribution in [3.05, 3.63) is 29.3 Å². The van der Waals surface area contributed by atoms with Gasteiger partial charge in [0.15, 0.2) is 0 Å². The monoisotopic (exact) mass is 248 g/mol. The Morgan fingerprint density at radius 1 is 1.22 bits per heavy atom. The molecule has 0 unspecified atom stereocenters. The lowest BCUT2D eigenvalue weighted by molar-refractivity contribution is -0.125. The molecule has 0 spiro atoms. The Kier molecular flexibility index (Phi) is 4.91. The van der Waals surface area contributed by atoms with Crippen LogP contribution in [-0.4, -0.2) is 12.5 Å². The molecule has 1 amide bonds. The highest BCUT2D eigenvalue weighted by atomic mass is 16.2. The van der Waals surface area contributed by atoms with Gasteiger partial charge in [0, 0.05) is 12.2 Å². The first-order valence-corrected chi connectivity index (χ1v) is 6.58. The molecule has 1 aromatic rings. The van der Waals surface area contributed by atoms with Gasteiger partial charge in [-0.15, -0.1) is 0 Å². The molecule has 0 aromatic heterocycles. The Balaban J connectivity index is 2.89. The van der Waals surface area contributed by atoms with Gasteiger partial charge in [0.25, 0.3) is 0 Å². The Labute approximate surface area is 110 Å². The van der Waals surface area contributed by atoms with Crippen molar-refractivity contribution >= 4 is 11.6 Å². The van der Waals surface area contributed by atoms with E-state index in [2.05, 4.69) is 12.2 Å². The van der Waals surface area contributed by atoms with Crippen LogP contribution in [0.1, 0.15) is 37.8 Å². The van der Waals surface area contributed by atoms with E-state index >= 15 is 0 Å². The molecule has 0 saturated carbocycles.